The quantitative estimate of drug-likeness (QED) is 0.658. The molecule has 0 spiro atoms. The van der Waals surface area contributed by atoms with Crippen molar-refractivity contribution in [2.45, 2.75) is 25.4 Å². The number of carbonyl (C=O) groups excluding carboxylic acids is 1. The molecule has 8 nitrogen and oxygen atoms in total. The summed E-state index contributed by atoms with van der Waals surface area (Å²) in [5.41, 5.74) is 1.80. The smallest absolute Gasteiger partial charge is 0.230 e. The van der Waals surface area contributed by atoms with E-state index in [1.54, 1.807) is 11.0 Å². The first kappa shape index (κ1) is 14.2. The van der Waals surface area contributed by atoms with Crippen LogP contribution >= 0.6 is 0 Å². The molecule has 3 atom stereocenters. The van der Waals surface area contributed by atoms with Gasteiger partial charge in [0, 0.05) is 11.3 Å². The molecule has 1 aromatic carbocycles. The van der Waals surface area contributed by atoms with Crippen LogP contribution in [0, 0.1) is 16.0 Å². The van der Waals surface area contributed by atoms with E-state index >= 15 is 0 Å². The Balaban J connectivity index is 1.62. The lowest BCUT2D eigenvalue weighted by Crippen LogP contribution is -2.29. The minimum atomic E-state index is -0.720. The molecule has 1 fully saturated rings. The molecular weight excluding hydrogens is 286 g/mol. The van der Waals surface area contributed by atoms with Crippen LogP contribution in [-0.4, -0.2) is 31.6 Å². The zero-order chi connectivity index (χ0) is 15.7. The van der Waals surface area contributed by atoms with Crippen molar-refractivity contribution in [3.8, 4) is 5.69 Å². The zero-order valence-electron chi connectivity index (χ0n) is 11.9. The molecule has 1 saturated carbocycles. The standard InChI is InChI=1S/C14H15N5O3/c1-9(17-14(20)12-6-13(12)19(21)22)10-2-4-11(5-3-10)18-8-15-7-16-18/h2-5,7-9,12-13H,6H2,1H3,(H,17,20). The third-order valence-electron chi connectivity index (χ3n) is 3.80. The van der Waals surface area contributed by atoms with E-state index < -0.39 is 12.0 Å². The molecule has 0 radical (unpaired) electrons. The van der Waals surface area contributed by atoms with Gasteiger partial charge in [-0.15, -0.1) is 0 Å². The van der Waals surface area contributed by atoms with Gasteiger partial charge in [-0.2, -0.15) is 5.10 Å². The van der Waals surface area contributed by atoms with E-state index in [9.17, 15) is 14.9 Å². The summed E-state index contributed by atoms with van der Waals surface area (Å²) < 4.78 is 1.64. The summed E-state index contributed by atoms with van der Waals surface area (Å²) in [6.07, 6.45) is 3.39. The highest BCUT2D eigenvalue weighted by molar-refractivity contribution is 5.82. The number of aromatic nitrogens is 3. The van der Waals surface area contributed by atoms with Crippen LogP contribution in [0.2, 0.25) is 0 Å². The summed E-state index contributed by atoms with van der Waals surface area (Å²) in [7, 11) is 0. The third-order valence-corrected chi connectivity index (χ3v) is 3.80. The van der Waals surface area contributed by atoms with Gasteiger partial charge in [0.1, 0.15) is 18.6 Å². The van der Waals surface area contributed by atoms with Crippen LogP contribution in [0.5, 0.6) is 0 Å². The van der Waals surface area contributed by atoms with Gasteiger partial charge in [-0.1, -0.05) is 12.1 Å². The van der Waals surface area contributed by atoms with Crippen LogP contribution in [0.1, 0.15) is 24.9 Å². The lowest BCUT2D eigenvalue weighted by Gasteiger charge is -2.14. The van der Waals surface area contributed by atoms with Crippen LogP contribution < -0.4 is 5.32 Å². The van der Waals surface area contributed by atoms with Crippen LogP contribution in [0.15, 0.2) is 36.9 Å². The number of nitrogens with one attached hydrogen (secondary N) is 1. The van der Waals surface area contributed by atoms with Crippen LogP contribution in [0.4, 0.5) is 0 Å². The van der Waals surface area contributed by atoms with Gasteiger partial charge in [0.05, 0.1) is 11.7 Å². The molecule has 3 rings (SSSR count). The monoisotopic (exact) mass is 301 g/mol. The maximum absolute atomic E-state index is 11.9. The average molecular weight is 301 g/mol. The van der Waals surface area contributed by atoms with E-state index in [0.29, 0.717) is 6.42 Å². The fraction of sp³-hybridized carbons (Fsp3) is 0.357. The number of hydrogen-bond acceptors (Lipinski definition) is 5. The lowest BCUT2D eigenvalue weighted by atomic mass is 10.1. The van der Waals surface area contributed by atoms with Crippen LogP contribution in [0.25, 0.3) is 5.69 Å². The van der Waals surface area contributed by atoms with E-state index in [4.69, 9.17) is 0 Å². The number of nitrogens with zero attached hydrogens (tertiary/aromatic N) is 4. The van der Waals surface area contributed by atoms with Gasteiger partial charge in [0.2, 0.25) is 11.9 Å². The van der Waals surface area contributed by atoms with E-state index in [-0.39, 0.29) is 16.9 Å². The Morgan fingerprint density at radius 3 is 2.73 bits per heavy atom. The van der Waals surface area contributed by atoms with Crippen molar-refractivity contribution in [3.05, 3.63) is 52.6 Å². The maximum Gasteiger partial charge on any atom is 0.230 e. The average Bonchev–Trinajstić information content (AvgIpc) is 3.14. The van der Waals surface area contributed by atoms with E-state index in [1.165, 1.54) is 6.33 Å². The largest absolute Gasteiger partial charge is 0.349 e. The van der Waals surface area contributed by atoms with Crippen molar-refractivity contribution in [3.63, 3.8) is 0 Å². The van der Waals surface area contributed by atoms with Gasteiger partial charge in [0.15, 0.2) is 0 Å². The maximum atomic E-state index is 11.9. The normalized spacial score (nSPS) is 21.1. The van der Waals surface area contributed by atoms with Crippen molar-refractivity contribution in [1.29, 1.82) is 0 Å². The summed E-state index contributed by atoms with van der Waals surface area (Å²) in [4.78, 5) is 26.0. The molecule has 2 aromatic rings. The highest BCUT2D eigenvalue weighted by atomic mass is 16.6. The summed E-state index contributed by atoms with van der Waals surface area (Å²) in [6.45, 7) is 1.85. The predicted molar refractivity (Wildman–Crippen MR) is 76.8 cm³/mol. The fourth-order valence-electron chi connectivity index (χ4n) is 2.36. The first-order valence-electron chi connectivity index (χ1n) is 6.95. The summed E-state index contributed by atoms with van der Waals surface area (Å²) in [5, 5.41) is 17.5. The number of rotatable bonds is 5. The first-order valence-corrected chi connectivity index (χ1v) is 6.95. The SMILES string of the molecule is CC(NC(=O)C1CC1[N+](=O)[O-])c1ccc(-n2cncn2)cc1. The number of hydrogen-bond donors (Lipinski definition) is 1. The topological polar surface area (TPSA) is 103 Å². The molecule has 0 saturated heterocycles. The second-order valence-electron chi connectivity index (χ2n) is 5.36. The highest BCUT2D eigenvalue weighted by Gasteiger charge is 2.53. The van der Waals surface area contributed by atoms with Gasteiger partial charge in [0.25, 0.3) is 0 Å². The number of nitro groups is 1. The lowest BCUT2D eigenvalue weighted by molar-refractivity contribution is -0.497. The summed E-state index contributed by atoms with van der Waals surface area (Å²) >= 11 is 0. The molecule has 0 bridgehead atoms. The van der Waals surface area contributed by atoms with Crippen molar-refractivity contribution >= 4 is 5.91 Å². The number of benzene rings is 1. The Hall–Kier alpha value is -2.77. The fourth-order valence-corrected chi connectivity index (χ4v) is 2.36. The van der Waals surface area contributed by atoms with Gasteiger partial charge in [-0.25, -0.2) is 9.67 Å². The van der Waals surface area contributed by atoms with Crippen molar-refractivity contribution in [2.75, 3.05) is 0 Å². The van der Waals surface area contributed by atoms with Crippen LogP contribution in [0.3, 0.4) is 0 Å². The Morgan fingerprint density at radius 1 is 1.45 bits per heavy atom. The van der Waals surface area contributed by atoms with E-state index in [2.05, 4.69) is 15.4 Å². The Labute approximate surface area is 126 Å². The molecule has 1 amide bonds. The molecule has 1 aromatic heterocycles. The molecule has 1 heterocycles. The molecular formula is C14H15N5O3. The second-order valence-corrected chi connectivity index (χ2v) is 5.36. The van der Waals surface area contributed by atoms with E-state index in [1.807, 2.05) is 31.2 Å². The molecule has 8 heteroatoms. The molecule has 3 unspecified atom stereocenters. The predicted octanol–water partition coefficient (Wildman–Crippen LogP) is 1.11. The van der Waals surface area contributed by atoms with Crippen molar-refractivity contribution < 1.29 is 9.72 Å². The minimum absolute atomic E-state index is 0.203. The summed E-state index contributed by atoms with van der Waals surface area (Å²) in [5.74, 6) is -0.749. The molecule has 1 aliphatic carbocycles. The van der Waals surface area contributed by atoms with Gasteiger partial charge < -0.3 is 5.32 Å². The molecule has 1 aliphatic rings. The summed E-state index contributed by atoms with van der Waals surface area (Å²) in [6, 6.07) is 6.61. The Kier molecular flexibility index (Phi) is 3.58. The van der Waals surface area contributed by atoms with Gasteiger partial charge in [-0.05, 0) is 24.6 Å². The Bertz CT molecular complexity index is 683. The first-order chi connectivity index (χ1) is 10.6. The number of carbonyl (C=O) groups is 1. The molecule has 1 N–H and O–H groups in total. The Morgan fingerprint density at radius 2 is 2.18 bits per heavy atom. The van der Waals surface area contributed by atoms with Gasteiger partial charge >= 0.3 is 0 Å². The van der Waals surface area contributed by atoms with Crippen LogP contribution in [-0.2, 0) is 4.79 Å². The van der Waals surface area contributed by atoms with Crippen molar-refractivity contribution in [1.82, 2.24) is 20.1 Å². The van der Waals surface area contributed by atoms with Gasteiger partial charge in [-0.3, -0.25) is 14.9 Å². The second kappa shape index (κ2) is 5.55. The molecule has 0 aliphatic heterocycles. The minimum Gasteiger partial charge on any atom is -0.349 e. The third kappa shape index (κ3) is 2.80. The molecule has 22 heavy (non-hydrogen) atoms. The van der Waals surface area contributed by atoms with E-state index in [0.717, 1.165) is 11.3 Å². The molecule has 114 valence electrons. The zero-order valence-corrected chi connectivity index (χ0v) is 11.9. The highest BCUT2D eigenvalue weighted by Crippen LogP contribution is 2.33. The number of amides is 1. The van der Waals surface area contributed by atoms with Crippen molar-refractivity contribution in [2.24, 2.45) is 5.92 Å².